The molecule has 0 atom stereocenters. The Hall–Kier alpha value is -1.07. The van der Waals surface area contributed by atoms with Gasteiger partial charge in [-0.3, -0.25) is 0 Å². The van der Waals surface area contributed by atoms with Gasteiger partial charge in [-0.15, -0.1) is 10.2 Å². The molecule has 0 aliphatic heterocycles. The van der Waals surface area contributed by atoms with Crippen molar-refractivity contribution in [1.82, 2.24) is 14.8 Å². The molecule has 0 spiro atoms. The van der Waals surface area contributed by atoms with Crippen molar-refractivity contribution in [2.75, 3.05) is 0 Å². The van der Waals surface area contributed by atoms with Crippen molar-refractivity contribution in [3.63, 3.8) is 0 Å². The summed E-state index contributed by atoms with van der Waals surface area (Å²) < 4.78 is 14.9. The summed E-state index contributed by atoms with van der Waals surface area (Å²) in [6.07, 6.45) is 0.849. The zero-order chi connectivity index (χ0) is 13.1. The molecule has 0 bridgehead atoms. The fourth-order valence-electron chi connectivity index (χ4n) is 1.56. The Morgan fingerprint density at radius 2 is 2.17 bits per heavy atom. The summed E-state index contributed by atoms with van der Waals surface area (Å²) in [5, 5.41) is 9.47. The van der Waals surface area contributed by atoms with Crippen molar-refractivity contribution in [2.24, 2.45) is 7.05 Å². The second-order valence-electron chi connectivity index (χ2n) is 3.84. The van der Waals surface area contributed by atoms with E-state index in [0.29, 0.717) is 10.8 Å². The summed E-state index contributed by atoms with van der Waals surface area (Å²) in [5.41, 5.74) is 0.893. The fourth-order valence-corrected chi connectivity index (χ4v) is 2.81. The van der Waals surface area contributed by atoms with Crippen LogP contribution in [0.25, 0.3) is 0 Å². The number of aryl methyl sites for hydroxylation is 1. The molecule has 96 valence electrons. The van der Waals surface area contributed by atoms with E-state index >= 15 is 0 Å². The lowest BCUT2D eigenvalue weighted by Crippen LogP contribution is -1.97. The Bertz CT molecular complexity index is 556. The monoisotopic (exact) mass is 285 g/mol. The van der Waals surface area contributed by atoms with Gasteiger partial charge in [0.1, 0.15) is 11.6 Å². The molecule has 1 aromatic heterocycles. The quantitative estimate of drug-likeness (QED) is 0.806. The third-order valence-corrected chi connectivity index (χ3v) is 4.03. The third kappa shape index (κ3) is 2.84. The van der Waals surface area contributed by atoms with Gasteiger partial charge in [0.05, 0.1) is 0 Å². The lowest BCUT2D eigenvalue weighted by atomic mass is 10.2. The maximum Gasteiger partial charge on any atom is 0.191 e. The lowest BCUT2D eigenvalue weighted by molar-refractivity contribution is 0.627. The fraction of sp³-hybridized carbons (Fsp3) is 0.333. The van der Waals surface area contributed by atoms with Gasteiger partial charge >= 0.3 is 0 Å². The van der Waals surface area contributed by atoms with E-state index in [1.165, 1.54) is 23.9 Å². The zero-order valence-electron chi connectivity index (χ0n) is 10.2. The average Bonchev–Trinajstić information content (AvgIpc) is 2.69. The van der Waals surface area contributed by atoms with Crippen LogP contribution < -0.4 is 0 Å². The molecule has 0 fully saturated rings. The van der Waals surface area contributed by atoms with Crippen molar-refractivity contribution < 1.29 is 4.39 Å². The summed E-state index contributed by atoms with van der Waals surface area (Å²) in [5.74, 6) is 1.28. The maximum absolute atomic E-state index is 12.9. The summed E-state index contributed by atoms with van der Waals surface area (Å²) >= 11 is 7.51. The van der Waals surface area contributed by atoms with E-state index in [9.17, 15) is 4.39 Å². The number of thioether (sulfide) groups is 1. The molecule has 6 heteroatoms. The number of benzene rings is 1. The minimum atomic E-state index is -0.319. The van der Waals surface area contributed by atoms with Gasteiger partial charge in [-0.2, -0.15) is 0 Å². The normalized spacial score (nSPS) is 10.9. The number of rotatable bonds is 4. The molecule has 2 rings (SSSR count). The van der Waals surface area contributed by atoms with E-state index in [-0.39, 0.29) is 5.82 Å². The zero-order valence-corrected chi connectivity index (χ0v) is 11.7. The van der Waals surface area contributed by atoms with E-state index in [1.54, 1.807) is 6.07 Å². The topological polar surface area (TPSA) is 30.7 Å². The van der Waals surface area contributed by atoms with Crippen molar-refractivity contribution in [3.05, 3.63) is 40.4 Å². The second kappa shape index (κ2) is 5.71. The standard InChI is InChI=1S/C12H13ClFN3S/c1-3-11-15-16-12(17(11)2)18-7-8-4-5-9(14)6-10(8)13/h4-6H,3,7H2,1-2H3. The number of hydrogen-bond donors (Lipinski definition) is 0. The largest absolute Gasteiger partial charge is 0.309 e. The highest BCUT2D eigenvalue weighted by Crippen LogP contribution is 2.26. The first-order valence-corrected chi connectivity index (χ1v) is 6.93. The molecule has 0 aliphatic rings. The maximum atomic E-state index is 12.9. The van der Waals surface area contributed by atoms with Crippen LogP contribution in [0.3, 0.4) is 0 Å². The van der Waals surface area contributed by atoms with Crippen LogP contribution in [0, 0.1) is 5.82 Å². The van der Waals surface area contributed by atoms with E-state index in [4.69, 9.17) is 11.6 Å². The minimum Gasteiger partial charge on any atom is -0.309 e. The molecule has 0 saturated carbocycles. The van der Waals surface area contributed by atoms with Gasteiger partial charge in [0.2, 0.25) is 0 Å². The molecule has 2 aromatic rings. The lowest BCUT2D eigenvalue weighted by Gasteiger charge is -2.04. The Morgan fingerprint density at radius 3 is 2.78 bits per heavy atom. The minimum absolute atomic E-state index is 0.319. The Morgan fingerprint density at radius 1 is 1.39 bits per heavy atom. The molecule has 0 N–H and O–H groups in total. The van der Waals surface area contributed by atoms with Gasteiger partial charge in [-0.25, -0.2) is 4.39 Å². The Labute approximate surface area is 114 Å². The first-order valence-electron chi connectivity index (χ1n) is 5.56. The Kier molecular flexibility index (Phi) is 4.24. The second-order valence-corrected chi connectivity index (χ2v) is 5.19. The van der Waals surface area contributed by atoms with Crippen LogP contribution in [0.2, 0.25) is 5.02 Å². The van der Waals surface area contributed by atoms with E-state index < -0.39 is 0 Å². The van der Waals surface area contributed by atoms with Crippen LogP contribution in [-0.4, -0.2) is 14.8 Å². The predicted octanol–water partition coefficient (Wildman–Crippen LogP) is 3.46. The van der Waals surface area contributed by atoms with Crippen LogP contribution >= 0.6 is 23.4 Å². The molecule has 1 aromatic carbocycles. The third-order valence-electron chi connectivity index (χ3n) is 2.61. The highest BCUT2D eigenvalue weighted by atomic mass is 35.5. The number of hydrogen-bond acceptors (Lipinski definition) is 3. The van der Waals surface area contributed by atoms with Crippen LogP contribution in [-0.2, 0) is 19.2 Å². The van der Waals surface area contributed by atoms with Gasteiger partial charge in [0.15, 0.2) is 5.16 Å². The number of halogens is 2. The van der Waals surface area contributed by atoms with Crippen LogP contribution in [0.4, 0.5) is 4.39 Å². The Balaban J connectivity index is 2.09. The summed E-state index contributed by atoms with van der Waals surface area (Å²) in [6.45, 7) is 2.04. The van der Waals surface area contributed by atoms with Gasteiger partial charge in [-0.1, -0.05) is 36.4 Å². The van der Waals surface area contributed by atoms with Crippen LogP contribution in [0.5, 0.6) is 0 Å². The average molecular weight is 286 g/mol. The smallest absolute Gasteiger partial charge is 0.191 e. The molecule has 0 aliphatic carbocycles. The van der Waals surface area contributed by atoms with Crippen molar-refractivity contribution in [2.45, 2.75) is 24.3 Å². The highest BCUT2D eigenvalue weighted by Gasteiger charge is 2.09. The van der Waals surface area contributed by atoms with Crippen molar-refractivity contribution in [1.29, 1.82) is 0 Å². The molecule has 0 saturated heterocycles. The molecule has 0 unspecified atom stereocenters. The molecule has 0 amide bonds. The summed E-state index contributed by atoms with van der Waals surface area (Å²) in [6, 6.07) is 4.43. The van der Waals surface area contributed by atoms with Crippen molar-refractivity contribution in [3.8, 4) is 0 Å². The SMILES string of the molecule is CCc1nnc(SCc2ccc(F)cc2Cl)n1C. The van der Waals surface area contributed by atoms with Crippen LogP contribution in [0.1, 0.15) is 18.3 Å². The summed E-state index contributed by atoms with van der Waals surface area (Å²) in [4.78, 5) is 0. The van der Waals surface area contributed by atoms with Gasteiger partial charge < -0.3 is 4.57 Å². The number of aromatic nitrogens is 3. The molecular weight excluding hydrogens is 273 g/mol. The summed E-state index contributed by atoms with van der Waals surface area (Å²) in [7, 11) is 1.94. The number of nitrogens with zero attached hydrogens (tertiary/aromatic N) is 3. The van der Waals surface area contributed by atoms with E-state index in [1.807, 2.05) is 18.5 Å². The van der Waals surface area contributed by atoms with E-state index in [2.05, 4.69) is 10.2 Å². The van der Waals surface area contributed by atoms with E-state index in [0.717, 1.165) is 23.0 Å². The van der Waals surface area contributed by atoms with Gasteiger partial charge in [0.25, 0.3) is 0 Å². The molecular formula is C12H13ClFN3S. The molecule has 18 heavy (non-hydrogen) atoms. The molecule has 3 nitrogen and oxygen atoms in total. The van der Waals surface area contributed by atoms with Crippen LogP contribution in [0.15, 0.2) is 23.4 Å². The van der Waals surface area contributed by atoms with Gasteiger partial charge in [0, 0.05) is 24.2 Å². The first kappa shape index (κ1) is 13.4. The predicted molar refractivity (Wildman–Crippen MR) is 71.4 cm³/mol. The highest BCUT2D eigenvalue weighted by molar-refractivity contribution is 7.98. The first-order chi connectivity index (χ1) is 8.61. The molecule has 0 radical (unpaired) electrons. The van der Waals surface area contributed by atoms with Gasteiger partial charge in [-0.05, 0) is 17.7 Å². The van der Waals surface area contributed by atoms with Crippen molar-refractivity contribution >= 4 is 23.4 Å². The molecule has 1 heterocycles.